The molecular weight excluding hydrogens is 447 g/mol. The zero-order valence-corrected chi connectivity index (χ0v) is 19.9. The van der Waals surface area contributed by atoms with Gasteiger partial charge in [-0.3, -0.25) is 0 Å². The average molecular weight is 483 g/mol. The molecule has 0 bridgehead atoms. The third kappa shape index (κ3) is 8.32. The average Bonchev–Trinajstić information content (AvgIpc) is 2.80. The Kier molecular flexibility index (Phi) is 9.85. The Morgan fingerprint density at radius 2 is 1.59 bits per heavy atom. The fourth-order valence-corrected chi connectivity index (χ4v) is 5.30. The van der Waals surface area contributed by atoms with Crippen molar-refractivity contribution in [3.63, 3.8) is 0 Å². The molecule has 0 atom stereocenters. The molecule has 2 fully saturated rings. The van der Waals surface area contributed by atoms with Gasteiger partial charge in [-0.2, -0.15) is 0 Å². The van der Waals surface area contributed by atoms with Crippen molar-refractivity contribution in [3.05, 3.63) is 41.5 Å². The van der Waals surface area contributed by atoms with Crippen LogP contribution in [0.1, 0.15) is 95.5 Å². The van der Waals surface area contributed by atoms with Gasteiger partial charge < -0.3 is 4.74 Å². The van der Waals surface area contributed by atoms with Crippen LogP contribution in [-0.2, 0) is 0 Å². The van der Waals surface area contributed by atoms with Crippen LogP contribution in [0.25, 0.3) is 0 Å². The molecule has 0 N–H and O–H groups in total. The lowest BCUT2D eigenvalue weighted by Crippen LogP contribution is -2.19. The zero-order valence-electron chi connectivity index (χ0n) is 19.9. The molecule has 6 heteroatoms. The molecule has 0 saturated heterocycles. The molecule has 2 aliphatic carbocycles. The van der Waals surface area contributed by atoms with Gasteiger partial charge in [-0.15, -0.1) is 13.2 Å². The van der Waals surface area contributed by atoms with E-state index >= 15 is 0 Å². The number of benzene rings is 1. The van der Waals surface area contributed by atoms with Gasteiger partial charge in [-0.1, -0.05) is 50.5 Å². The Morgan fingerprint density at radius 3 is 2.18 bits per heavy atom. The highest BCUT2D eigenvalue weighted by Gasteiger charge is 2.34. The van der Waals surface area contributed by atoms with Crippen molar-refractivity contribution < 1.29 is 26.7 Å². The van der Waals surface area contributed by atoms with Gasteiger partial charge in [-0.25, -0.2) is 8.78 Å². The van der Waals surface area contributed by atoms with E-state index in [4.69, 9.17) is 0 Å². The standard InChI is InChI=1S/C28H35F5O/c1-2-3-4-7-20-10-12-21(13-11-20)8-5-6-9-22-14-16-23(17-15-22)24-18-25(29)27(26(30)19-24)34-28(31,32)33/h5,8,18-23H,2-4,7,10-17H2,1H3/t20-,21-,22-,23-. The molecule has 3 rings (SSSR count). The number of hydrogen-bond acceptors (Lipinski definition) is 1. The van der Waals surface area contributed by atoms with E-state index in [0.29, 0.717) is 24.3 Å². The summed E-state index contributed by atoms with van der Waals surface area (Å²) in [5.74, 6) is 4.11. The topological polar surface area (TPSA) is 9.23 Å². The lowest BCUT2D eigenvalue weighted by atomic mass is 9.78. The molecule has 1 aromatic rings. The predicted molar refractivity (Wildman–Crippen MR) is 124 cm³/mol. The molecule has 0 aromatic heterocycles. The predicted octanol–water partition coefficient (Wildman–Crippen LogP) is 9.08. The molecule has 188 valence electrons. The van der Waals surface area contributed by atoms with Gasteiger partial charge in [0.1, 0.15) is 0 Å². The number of halogens is 5. The maximum atomic E-state index is 14.0. The monoisotopic (exact) mass is 482 g/mol. The molecule has 2 saturated carbocycles. The first-order valence-corrected chi connectivity index (χ1v) is 12.7. The summed E-state index contributed by atoms with van der Waals surface area (Å²) in [5, 5.41) is 0. The Labute approximate surface area is 200 Å². The fourth-order valence-electron chi connectivity index (χ4n) is 5.30. The first-order chi connectivity index (χ1) is 16.2. The molecule has 0 radical (unpaired) electrons. The van der Waals surface area contributed by atoms with Crippen LogP contribution in [0.4, 0.5) is 22.0 Å². The molecule has 0 heterocycles. The first kappa shape index (κ1) is 26.6. The van der Waals surface area contributed by atoms with E-state index in [2.05, 4.69) is 29.6 Å². The summed E-state index contributed by atoms with van der Waals surface area (Å²) in [7, 11) is 0. The van der Waals surface area contributed by atoms with Crippen LogP contribution in [-0.4, -0.2) is 6.36 Å². The second kappa shape index (κ2) is 12.6. The lowest BCUT2D eigenvalue weighted by molar-refractivity contribution is -0.276. The molecule has 0 amide bonds. The van der Waals surface area contributed by atoms with E-state index in [1.165, 1.54) is 51.4 Å². The van der Waals surface area contributed by atoms with Crippen LogP contribution in [0.15, 0.2) is 24.3 Å². The Morgan fingerprint density at radius 1 is 0.941 bits per heavy atom. The molecule has 2 aliphatic rings. The number of ether oxygens (including phenoxy) is 1. The second-order valence-corrected chi connectivity index (χ2v) is 9.83. The Bertz CT molecular complexity index is 840. The summed E-state index contributed by atoms with van der Waals surface area (Å²) in [5.41, 5.74) is 0.376. The molecular formula is C28H35F5O. The van der Waals surface area contributed by atoms with Gasteiger partial charge in [-0.05, 0) is 92.9 Å². The molecule has 0 aliphatic heterocycles. The third-order valence-corrected chi connectivity index (χ3v) is 7.28. The van der Waals surface area contributed by atoms with Crippen LogP contribution in [0.3, 0.4) is 0 Å². The molecule has 1 aromatic carbocycles. The lowest BCUT2D eigenvalue weighted by Gasteiger charge is -2.26. The largest absolute Gasteiger partial charge is 0.573 e. The van der Waals surface area contributed by atoms with E-state index in [0.717, 1.165) is 30.9 Å². The minimum Gasteiger partial charge on any atom is -0.399 e. The van der Waals surface area contributed by atoms with Gasteiger partial charge >= 0.3 is 6.36 Å². The summed E-state index contributed by atoms with van der Waals surface area (Å²) in [6.07, 6.45) is 12.6. The van der Waals surface area contributed by atoms with Crippen molar-refractivity contribution in [1.29, 1.82) is 0 Å². The quantitative estimate of drug-likeness (QED) is 0.214. The minimum atomic E-state index is -5.14. The molecule has 34 heavy (non-hydrogen) atoms. The van der Waals surface area contributed by atoms with Crippen molar-refractivity contribution in [3.8, 4) is 17.6 Å². The third-order valence-electron chi connectivity index (χ3n) is 7.28. The number of alkyl halides is 3. The number of hydrogen-bond donors (Lipinski definition) is 0. The highest BCUT2D eigenvalue weighted by molar-refractivity contribution is 5.33. The van der Waals surface area contributed by atoms with Crippen LogP contribution in [0, 0.1) is 41.2 Å². The van der Waals surface area contributed by atoms with Crippen LogP contribution < -0.4 is 4.74 Å². The van der Waals surface area contributed by atoms with E-state index < -0.39 is 23.7 Å². The van der Waals surface area contributed by atoms with Crippen LogP contribution in [0.5, 0.6) is 5.75 Å². The van der Waals surface area contributed by atoms with Crippen molar-refractivity contribution in [2.24, 2.45) is 17.8 Å². The number of unbranched alkanes of at least 4 members (excludes halogenated alkanes) is 2. The van der Waals surface area contributed by atoms with Gasteiger partial charge in [0.05, 0.1) is 0 Å². The Hall–Kier alpha value is -2.03. The fraction of sp³-hybridized carbons (Fsp3) is 0.643. The molecule has 0 unspecified atom stereocenters. The van der Waals surface area contributed by atoms with Gasteiger partial charge in [0, 0.05) is 5.92 Å². The normalized spacial score (nSPS) is 25.7. The minimum absolute atomic E-state index is 0.0926. The summed E-state index contributed by atoms with van der Waals surface area (Å²) in [6.45, 7) is 2.25. The van der Waals surface area contributed by atoms with Crippen molar-refractivity contribution in [2.75, 3.05) is 0 Å². The second-order valence-electron chi connectivity index (χ2n) is 9.83. The summed E-state index contributed by atoms with van der Waals surface area (Å²) < 4.78 is 68.5. The van der Waals surface area contributed by atoms with Crippen molar-refractivity contribution >= 4 is 0 Å². The number of rotatable bonds is 7. The molecule has 0 spiro atoms. The van der Waals surface area contributed by atoms with E-state index in [9.17, 15) is 22.0 Å². The summed E-state index contributed by atoms with van der Waals surface area (Å²) in [6, 6.07) is 1.92. The van der Waals surface area contributed by atoms with Crippen LogP contribution in [0.2, 0.25) is 0 Å². The molecule has 1 nitrogen and oxygen atoms in total. The van der Waals surface area contributed by atoms with Gasteiger partial charge in [0.25, 0.3) is 0 Å². The maximum Gasteiger partial charge on any atom is 0.573 e. The SMILES string of the molecule is CCCCC[C@H]1CC[C@H](C=CC#C[C@H]2CC[C@H](c3cc(F)c(OC(F)(F)F)c(F)c3)CC2)CC1. The van der Waals surface area contributed by atoms with Gasteiger partial charge in [0.2, 0.25) is 5.75 Å². The van der Waals surface area contributed by atoms with Crippen molar-refractivity contribution in [1.82, 2.24) is 0 Å². The van der Waals surface area contributed by atoms with E-state index in [1.54, 1.807) is 0 Å². The zero-order chi connectivity index (χ0) is 24.6. The van der Waals surface area contributed by atoms with E-state index in [-0.39, 0.29) is 11.8 Å². The summed E-state index contributed by atoms with van der Waals surface area (Å²) >= 11 is 0. The highest BCUT2D eigenvalue weighted by Crippen LogP contribution is 2.38. The Balaban J connectivity index is 1.43. The van der Waals surface area contributed by atoms with Crippen molar-refractivity contribution in [2.45, 2.75) is 96.3 Å². The first-order valence-electron chi connectivity index (χ1n) is 12.7. The maximum absolute atomic E-state index is 14.0. The van der Waals surface area contributed by atoms with Crippen LogP contribution >= 0.6 is 0 Å². The van der Waals surface area contributed by atoms with E-state index in [1.807, 2.05) is 6.08 Å². The summed E-state index contributed by atoms with van der Waals surface area (Å²) in [4.78, 5) is 0. The number of allylic oxidation sites excluding steroid dienone is 2. The smallest absolute Gasteiger partial charge is 0.399 e. The highest BCUT2D eigenvalue weighted by atomic mass is 19.4. The van der Waals surface area contributed by atoms with Gasteiger partial charge in [0.15, 0.2) is 11.6 Å².